The second kappa shape index (κ2) is 19.7. The summed E-state index contributed by atoms with van der Waals surface area (Å²) >= 11 is 0. The topological polar surface area (TPSA) is 204 Å². The molecule has 324 valence electrons. The molecule has 0 saturated carbocycles. The third kappa shape index (κ3) is 11.8. The Labute approximate surface area is 355 Å². The number of hydrogen-bond donors (Lipinski definition) is 5. The average Bonchev–Trinajstić information content (AvgIpc) is 4.05. The smallest absolute Gasteiger partial charge is 0.407 e. The zero-order valence-corrected chi connectivity index (χ0v) is 35.4. The van der Waals surface area contributed by atoms with Gasteiger partial charge in [-0.25, -0.2) is 19.4 Å². The van der Waals surface area contributed by atoms with E-state index in [0.29, 0.717) is 63.5 Å². The van der Waals surface area contributed by atoms with Gasteiger partial charge in [-0.05, 0) is 83.2 Å². The van der Waals surface area contributed by atoms with Crippen molar-refractivity contribution in [2.45, 2.75) is 90.0 Å². The molecule has 61 heavy (non-hydrogen) atoms. The number of aromatic nitrogens is 3. The van der Waals surface area contributed by atoms with Crippen LogP contribution in [0.3, 0.4) is 0 Å². The predicted molar refractivity (Wildman–Crippen MR) is 227 cm³/mol. The van der Waals surface area contributed by atoms with E-state index in [1.807, 2.05) is 60.8 Å². The molecule has 1 fully saturated rings. The standard InChI is InChI=1S/C45H56N8O8/c1-44(2,3)61-40(55)34(18-11-12-20-46-43(58)60-29-30-14-7-6-8-15-30)49-41(56)45(4,5)37-28-48-38(51-37)35(26-31-27-47-33-17-10-9-16-32(31)33)50-42(57)53-23-21-52(22-24-53)39(54)36-19-13-25-59-36/h6-10,13-17,19,25,27-28,34-35,47H,11-12,18,20-24,26,29H2,1-5H3,(H,46,58)(H,48,51)(H,49,56)(H,50,57). The average molecular weight is 837 g/mol. The third-order valence-electron chi connectivity index (χ3n) is 10.5. The number of alkyl carbamates (subject to hydrolysis) is 1. The molecule has 1 saturated heterocycles. The number of nitrogens with one attached hydrogen (secondary N) is 5. The lowest BCUT2D eigenvalue weighted by atomic mass is 9.88. The number of piperazine rings is 1. The Morgan fingerprint density at radius 3 is 2.31 bits per heavy atom. The summed E-state index contributed by atoms with van der Waals surface area (Å²) in [6, 6.07) is 18.7. The Morgan fingerprint density at radius 1 is 0.869 bits per heavy atom. The SMILES string of the molecule is CC(C)(C)OC(=O)C(CCCCNC(=O)OCc1ccccc1)NC(=O)C(C)(C)c1cnc(C(Cc2c[nH]c3ccccc23)NC(=O)N2CCN(C(=O)c3ccco3)CC2)[nH]1. The summed E-state index contributed by atoms with van der Waals surface area (Å²) in [6.45, 7) is 10.6. The first-order chi connectivity index (χ1) is 29.2. The van der Waals surface area contributed by atoms with Gasteiger partial charge in [0.15, 0.2) is 5.76 Å². The molecule has 5 N–H and O–H groups in total. The van der Waals surface area contributed by atoms with Crippen LogP contribution in [0.5, 0.6) is 0 Å². The van der Waals surface area contributed by atoms with Crippen LogP contribution in [0.4, 0.5) is 9.59 Å². The van der Waals surface area contributed by atoms with Crippen molar-refractivity contribution in [3.05, 3.63) is 114 Å². The van der Waals surface area contributed by atoms with Crippen LogP contribution in [0.2, 0.25) is 0 Å². The molecule has 0 radical (unpaired) electrons. The first-order valence-electron chi connectivity index (χ1n) is 20.6. The number of furan rings is 1. The van der Waals surface area contributed by atoms with E-state index in [1.54, 1.807) is 62.7 Å². The maximum Gasteiger partial charge on any atom is 0.407 e. The van der Waals surface area contributed by atoms with E-state index in [4.69, 9.17) is 13.9 Å². The van der Waals surface area contributed by atoms with Crippen LogP contribution in [0.1, 0.15) is 93.1 Å². The molecular formula is C45H56N8O8. The molecule has 4 heterocycles. The largest absolute Gasteiger partial charge is 0.459 e. The Hall–Kier alpha value is -6.58. The van der Waals surface area contributed by atoms with E-state index in [1.165, 1.54) is 6.26 Å². The van der Waals surface area contributed by atoms with E-state index < -0.39 is 41.1 Å². The lowest BCUT2D eigenvalue weighted by molar-refractivity contribution is -0.159. The van der Waals surface area contributed by atoms with Crippen molar-refractivity contribution < 1.29 is 37.9 Å². The van der Waals surface area contributed by atoms with E-state index in [2.05, 4.69) is 30.9 Å². The van der Waals surface area contributed by atoms with Crippen molar-refractivity contribution in [3.63, 3.8) is 0 Å². The van der Waals surface area contributed by atoms with Crippen LogP contribution in [-0.2, 0) is 37.5 Å². The summed E-state index contributed by atoms with van der Waals surface area (Å²) < 4.78 is 16.3. The quantitative estimate of drug-likeness (QED) is 0.0572. The highest BCUT2D eigenvalue weighted by atomic mass is 16.6. The number of fused-ring (bicyclic) bond motifs is 1. The van der Waals surface area contributed by atoms with Crippen LogP contribution in [-0.4, -0.2) is 99.0 Å². The Bertz CT molecular complexity index is 2250. The van der Waals surface area contributed by atoms with Gasteiger partial charge in [0, 0.05) is 68.1 Å². The van der Waals surface area contributed by atoms with Crippen molar-refractivity contribution in [1.29, 1.82) is 0 Å². The van der Waals surface area contributed by atoms with Crippen LogP contribution < -0.4 is 16.0 Å². The Morgan fingerprint density at radius 2 is 1.59 bits per heavy atom. The van der Waals surface area contributed by atoms with Gasteiger partial charge >= 0.3 is 18.1 Å². The summed E-state index contributed by atoms with van der Waals surface area (Å²) in [7, 11) is 0. The second-order valence-electron chi connectivity index (χ2n) is 16.7. The number of nitrogens with zero attached hydrogens (tertiary/aromatic N) is 3. The van der Waals surface area contributed by atoms with Gasteiger partial charge in [-0.1, -0.05) is 48.5 Å². The highest BCUT2D eigenvalue weighted by molar-refractivity contribution is 5.92. The number of H-pyrrole nitrogens is 2. The molecular weight excluding hydrogens is 781 g/mol. The summed E-state index contributed by atoms with van der Waals surface area (Å²) in [6.07, 6.45) is 6.10. The van der Waals surface area contributed by atoms with Gasteiger partial charge in [0.05, 0.1) is 17.7 Å². The maximum atomic E-state index is 14.1. The normalized spacial score (nSPS) is 14.2. The minimum Gasteiger partial charge on any atom is -0.459 e. The molecule has 0 spiro atoms. The molecule has 0 bridgehead atoms. The number of hydrogen-bond acceptors (Lipinski definition) is 9. The fraction of sp³-hybridized carbons (Fsp3) is 0.422. The Balaban J connectivity index is 1.10. The molecule has 16 heteroatoms. The van der Waals surface area contributed by atoms with Crippen molar-refractivity contribution in [1.82, 2.24) is 40.7 Å². The number of aromatic amines is 2. The lowest BCUT2D eigenvalue weighted by Crippen LogP contribution is -2.53. The fourth-order valence-corrected chi connectivity index (χ4v) is 7.00. The van der Waals surface area contributed by atoms with Gasteiger partial charge in [-0.15, -0.1) is 0 Å². The predicted octanol–water partition coefficient (Wildman–Crippen LogP) is 6.14. The number of ether oxygens (including phenoxy) is 2. The first-order valence-corrected chi connectivity index (χ1v) is 20.6. The van der Waals surface area contributed by atoms with Gasteiger partial charge in [0.1, 0.15) is 24.1 Å². The van der Waals surface area contributed by atoms with Crippen LogP contribution in [0, 0.1) is 0 Å². The zero-order valence-electron chi connectivity index (χ0n) is 35.4. The van der Waals surface area contributed by atoms with Crippen molar-refractivity contribution >= 4 is 40.8 Å². The number of esters is 1. The number of urea groups is 1. The number of amides is 5. The highest BCUT2D eigenvalue weighted by Crippen LogP contribution is 2.28. The number of carbonyl (C=O) groups excluding carboxylic acids is 5. The van der Waals surface area contributed by atoms with E-state index in [0.717, 1.165) is 22.0 Å². The maximum absolute atomic E-state index is 14.1. The molecule has 2 unspecified atom stereocenters. The van der Waals surface area contributed by atoms with Crippen molar-refractivity contribution in [2.24, 2.45) is 0 Å². The molecule has 16 nitrogen and oxygen atoms in total. The van der Waals surface area contributed by atoms with E-state index in [9.17, 15) is 24.0 Å². The van der Waals surface area contributed by atoms with E-state index >= 15 is 0 Å². The second-order valence-corrected chi connectivity index (χ2v) is 16.7. The molecule has 5 amide bonds. The molecule has 1 aliphatic rings. The molecule has 6 rings (SSSR count). The van der Waals surface area contributed by atoms with Gasteiger partial charge < -0.3 is 49.6 Å². The highest BCUT2D eigenvalue weighted by Gasteiger charge is 2.37. The number of carbonyl (C=O) groups is 5. The minimum atomic E-state index is -1.19. The van der Waals surface area contributed by atoms with Crippen molar-refractivity contribution in [3.8, 4) is 0 Å². The van der Waals surface area contributed by atoms with Gasteiger partial charge in [-0.2, -0.15) is 0 Å². The van der Waals surface area contributed by atoms with Gasteiger partial charge in [0.2, 0.25) is 5.91 Å². The first kappa shape index (κ1) is 44.0. The lowest BCUT2D eigenvalue weighted by Gasteiger charge is -2.35. The number of para-hydroxylation sites is 1. The molecule has 5 aromatic rings. The molecule has 0 aliphatic carbocycles. The fourth-order valence-electron chi connectivity index (χ4n) is 7.00. The molecule has 2 aromatic carbocycles. The summed E-state index contributed by atoms with van der Waals surface area (Å²) in [5.41, 5.74) is 1.29. The number of unbranched alkanes of at least 4 members (excludes halogenated alkanes) is 1. The molecule has 1 aliphatic heterocycles. The van der Waals surface area contributed by atoms with Crippen LogP contribution in [0.25, 0.3) is 10.9 Å². The van der Waals surface area contributed by atoms with Crippen LogP contribution >= 0.6 is 0 Å². The zero-order chi connectivity index (χ0) is 43.6. The third-order valence-corrected chi connectivity index (χ3v) is 10.5. The summed E-state index contributed by atoms with van der Waals surface area (Å²) in [5.74, 6) is -0.517. The van der Waals surface area contributed by atoms with Crippen molar-refractivity contribution in [2.75, 3.05) is 32.7 Å². The minimum absolute atomic E-state index is 0.155. The molecule has 3 aromatic heterocycles. The van der Waals surface area contributed by atoms with Crippen LogP contribution in [0.15, 0.2) is 89.8 Å². The van der Waals surface area contributed by atoms with E-state index in [-0.39, 0.29) is 30.7 Å². The number of rotatable bonds is 16. The Kier molecular flexibility index (Phi) is 14.2. The summed E-state index contributed by atoms with van der Waals surface area (Å²) in [4.78, 5) is 81.0. The number of imidazole rings is 1. The van der Waals surface area contributed by atoms with Gasteiger partial charge in [-0.3, -0.25) is 9.59 Å². The monoisotopic (exact) mass is 836 g/mol. The number of benzene rings is 2. The molecule has 2 atom stereocenters. The summed E-state index contributed by atoms with van der Waals surface area (Å²) in [5, 5.41) is 9.81. The van der Waals surface area contributed by atoms with Gasteiger partial charge in [0.25, 0.3) is 5.91 Å².